The molecule has 9 heteroatoms. The third kappa shape index (κ3) is 5.76. The Hall–Kier alpha value is -3.62. The van der Waals surface area contributed by atoms with Gasteiger partial charge >= 0.3 is 6.09 Å². The second-order valence-corrected chi connectivity index (χ2v) is 11.3. The van der Waals surface area contributed by atoms with Crippen LogP contribution in [-0.2, 0) is 11.3 Å². The predicted octanol–water partition coefficient (Wildman–Crippen LogP) is 5.48. The van der Waals surface area contributed by atoms with Gasteiger partial charge in [-0.3, -0.25) is 0 Å². The number of piperidine rings is 1. The molecule has 4 heterocycles. The number of hydrogen-bond acceptors (Lipinski definition) is 6. The van der Waals surface area contributed by atoms with Gasteiger partial charge in [-0.05, 0) is 83.1 Å². The highest BCUT2D eigenvalue weighted by atomic mass is 16.6. The molecule has 5 rings (SSSR count). The van der Waals surface area contributed by atoms with Crippen molar-refractivity contribution in [3.63, 3.8) is 0 Å². The third-order valence-electron chi connectivity index (χ3n) is 7.31. The average Bonchev–Trinajstić information content (AvgIpc) is 3.52. The molecule has 202 valence electrons. The fourth-order valence-corrected chi connectivity index (χ4v) is 5.46. The first kappa shape index (κ1) is 26.0. The molecule has 1 unspecified atom stereocenters. The van der Waals surface area contributed by atoms with Gasteiger partial charge in [0, 0.05) is 31.7 Å². The monoisotopic (exact) mass is 518 g/mol. The topological polar surface area (TPSA) is 87.3 Å². The fourth-order valence-electron chi connectivity index (χ4n) is 5.46. The van der Waals surface area contributed by atoms with E-state index in [1.54, 1.807) is 13.4 Å². The summed E-state index contributed by atoms with van der Waals surface area (Å²) in [5.74, 6) is 3.45. The molecule has 2 aliphatic rings. The Balaban J connectivity index is 1.26. The van der Waals surface area contributed by atoms with Crippen LogP contribution >= 0.6 is 0 Å². The number of nitrogens with zero attached hydrogens (tertiary/aromatic N) is 6. The summed E-state index contributed by atoms with van der Waals surface area (Å²) in [7, 11) is 1.68. The summed E-state index contributed by atoms with van der Waals surface area (Å²) in [6.45, 7) is 10.1. The van der Waals surface area contributed by atoms with Crippen LogP contribution in [0.4, 0.5) is 4.79 Å². The minimum absolute atomic E-state index is 0.208. The Labute approximate surface area is 224 Å². The number of likely N-dealkylation sites (tertiary alicyclic amines) is 1. The quantitative estimate of drug-likeness (QED) is 0.445. The number of fused-ring (bicyclic) bond motifs is 1. The molecule has 1 fully saturated rings. The lowest BCUT2D eigenvalue weighted by molar-refractivity contribution is 0.0168. The van der Waals surface area contributed by atoms with Crippen molar-refractivity contribution in [1.82, 2.24) is 29.2 Å². The number of hydrogen-bond donors (Lipinski definition) is 0. The van der Waals surface area contributed by atoms with E-state index in [-0.39, 0.29) is 6.09 Å². The van der Waals surface area contributed by atoms with Crippen LogP contribution in [0, 0.1) is 12.8 Å². The molecule has 1 amide bonds. The maximum atomic E-state index is 12.5. The number of carbonyl (C=O) groups excluding carboxylic acids is 1. The Morgan fingerprint density at radius 3 is 2.58 bits per heavy atom. The van der Waals surface area contributed by atoms with Crippen LogP contribution < -0.4 is 4.74 Å². The summed E-state index contributed by atoms with van der Waals surface area (Å²) in [4.78, 5) is 23.6. The maximum Gasteiger partial charge on any atom is 0.410 e. The number of methoxy groups -OCH3 is 1. The van der Waals surface area contributed by atoms with Gasteiger partial charge in [0.1, 0.15) is 17.2 Å². The first-order valence-electron chi connectivity index (χ1n) is 13.5. The summed E-state index contributed by atoms with van der Waals surface area (Å²) in [6.07, 6.45) is 11.7. The van der Waals surface area contributed by atoms with Crippen LogP contribution in [0.5, 0.6) is 5.75 Å². The highest BCUT2D eigenvalue weighted by Gasteiger charge is 2.35. The third-order valence-corrected chi connectivity index (χ3v) is 7.31. The van der Waals surface area contributed by atoms with E-state index in [1.807, 2.05) is 67.6 Å². The average molecular weight is 519 g/mol. The number of aryl methyl sites for hydroxylation is 2. The first-order valence-corrected chi connectivity index (χ1v) is 13.5. The van der Waals surface area contributed by atoms with E-state index in [0.29, 0.717) is 11.8 Å². The fraction of sp³-hybridized carbons (Fsp3) is 0.517. The van der Waals surface area contributed by atoms with Gasteiger partial charge in [-0.15, -0.1) is 0 Å². The Morgan fingerprint density at radius 1 is 1.11 bits per heavy atom. The van der Waals surface area contributed by atoms with Crippen molar-refractivity contribution in [2.75, 3.05) is 20.2 Å². The predicted molar refractivity (Wildman–Crippen MR) is 146 cm³/mol. The zero-order valence-electron chi connectivity index (χ0n) is 23.1. The van der Waals surface area contributed by atoms with Gasteiger partial charge in [0.25, 0.3) is 0 Å². The molecule has 38 heavy (non-hydrogen) atoms. The molecule has 0 spiro atoms. The van der Waals surface area contributed by atoms with Gasteiger partial charge in [-0.2, -0.15) is 5.10 Å². The molecular formula is C29H38N6O3. The highest BCUT2D eigenvalue weighted by Crippen LogP contribution is 2.38. The van der Waals surface area contributed by atoms with Crippen molar-refractivity contribution in [2.45, 2.75) is 71.4 Å². The number of rotatable bonds is 5. The number of carbonyl (C=O) groups is 1. The van der Waals surface area contributed by atoms with E-state index in [2.05, 4.69) is 15.7 Å². The lowest BCUT2D eigenvalue weighted by Crippen LogP contribution is -2.43. The number of aromatic nitrogens is 5. The standard InChI is InChI=1S/C29H38N6O3/c1-20-18-34(19-30-20)24-10-8-21(17-25(24)37-5)9-11-26-31-27-23(7-6-14-35(27)32-26)22-12-15-33(16-13-22)28(36)38-29(2,3)4/h8-11,17-19,22-23H,6-7,12-16H2,1-5H3/b11-9+. The van der Waals surface area contributed by atoms with Crippen LogP contribution in [-0.4, -0.2) is 61.1 Å². The van der Waals surface area contributed by atoms with Crippen molar-refractivity contribution >= 4 is 18.2 Å². The van der Waals surface area contributed by atoms with Crippen molar-refractivity contribution in [1.29, 1.82) is 0 Å². The number of amides is 1. The summed E-state index contributed by atoms with van der Waals surface area (Å²) in [5.41, 5.74) is 2.45. The van der Waals surface area contributed by atoms with Crippen LogP contribution in [0.3, 0.4) is 0 Å². The number of imidazole rings is 1. The zero-order chi connectivity index (χ0) is 26.9. The summed E-state index contributed by atoms with van der Waals surface area (Å²) in [5, 5.41) is 4.80. The van der Waals surface area contributed by atoms with E-state index in [1.165, 1.54) is 0 Å². The van der Waals surface area contributed by atoms with Crippen molar-refractivity contribution in [3.05, 3.63) is 53.6 Å². The Morgan fingerprint density at radius 2 is 1.89 bits per heavy atom. The highest BCUT2D eigenvalue weighted by molar-refractivity contribution is 5.69. The molecule has 0 saturated carbocycles. The minimum atomic E-state index is -0.468. The van der Waals surface area contributed by atoms with Crippen LogP contribution in [0.25, 0.3) is 17.8 Å². The van der Waals surface area contributed by atoms with Crippen LogP contribution in [0.15, 0.2) is 30.7 Å². The van der Waals surface area contributed by atoms with Crippen molar-refractivity contribution in [2.24, 2.45) is 5.92 Å². The second kappa shape index (κ2) is 10.6. The zero-order valence-corrected chi connectivity index (χ0v) is 23.1. The number of ether oxygens (including phenoxy) is 2. The van der Waals surface area contributed by atoms with E-state index in [0.717, 1.165) is 79.7 Å². The Kier molecular flexibility index (Phi) is 7.27. The SMILES string of the molecule is COc1cc(/C=C/c2nc3n(n2)CCCC3C2CCN(C(=O)OC(C)(C)C)CC2)ccc1-n1cnc(C)c1. The van der Waals surface area contributed by atoms with Gasteiger partial charge < -0.3 is 18.9 Å². The lowest BCUT2D eigenvalue weighted by Gasteiger charge is -2.37. The molecule has 0 aliphatic carbocycles. The van der Waals surface area contributed by atoms with Gasteiger partial charge in [0.05, 0.1) is 24.8 Å². The first-order chi connectivity index (χ1) is 18.2. The van der Waals surface area contributed by atoms with Crippen LogP contribution in [0.2, 0.25) is 0 Å². The second-order valence-electron chi connectivity index (χ2n) is 11.3. The van der Waals surface area contributed by atoms with E-state index in [9.17, 15) is 4.79 Å². The molecule has 0 radical (unpaired) electrons. The molecule has 0 N–H and O–H groups in total. The van der Waals surface area contributed by atoms with Gasteiger partial charge in [0.15, 0.2) is 5.82 Å². The van der Waals surface area contributed by atoms with Gasteiger partial charge in [-0.1, -0.05) is 12.1 Å². The summed E-state index contributed by atoms with van der Waals surface area (Å²) in [6, 6.07) is 6.10. The molecular weight excluding hydrogens is 480 g/mol. The molecule has 9 nitrogen and oxygen atoms in total. The molecule has 1 atom stereocenters. The smallest absolute Gasteiger partial charge is 0.410 e. The van der Waals surface area contributed by atoms with Crippen LogP contribution in [0.1, 0.15) is 75.3 Å². The molecule has 2 aromatic heterocycles. The molecule has 1 saturated heterocycles. The van der Waals surface area contributed by atoms with Gasteiger partial charge in [-0.25, -0.2) is 19.4 Å². The largest absolute Gasteiger partial charge is 0.495 e. The van der Waals surface area contributed by atoms with Crippen molar-refractivity contribution in [3.8, 4) is 11.4 Å². The number of benzene rings is 1. The molecule has 0 bridgehead atoms. The summed E-state index contributed by atoms with van der Waals surface area (Å²) < 4.78 is 15.3. The molecule has 2 aliphatic heterocycles. The minimum Gasteiger partial charge on any atom is -0.495 e. The van der Waals surface area contributed by atoms with Gasteiger partial charge in [0.2, 0.25) is 0 Å². The van der Waals surface area contributed by atoms with E-state index < -0.39 is 5.60 Å². The lowest BCUT2D eigenvalue weighted by atomic mass is 9.80. The normalized spacial score (nSPS) is 18.6. The maximum absolute atomic E-state index is 12.5. The van der Waals surface area contributed by atoms with E-state index >= 15 is 0 Å². The van der Waals surface area contributed by atoms with E-state index in [4.69, 9.17) is 19.6 Å². The Bertz CT molecular complexity index is 1310. The summed E-state index contributed by atoms with van der Waals surface area (Å²) >= 11 is 0. The van der Waals surface area contributed by atoms with Crippen molar-refractivity contribution < 1.29 is 14.3 Å². The molecule has 3 aromatic rings. The molecule has 1 aromatic carbocycles.